The molecule has 4 heteroatoms. The van der Waals surface area contributed by atoms with Crippen LogP contribution in [0.4, 0.5) is 0 Å². The molecule has 1 aromatic carbocycles. The highest BCUT2D eigenvalue weighted by Crippen LogP contribution is 2.25. The zero-order chi connectivity index (χ0) is 13.5. The van der Waals surface area contributed by atoms with Crippen molar-refractivity contribution in [2.24, 2.45) is 0 Å². The second kappa shape index (κ2) is 7.73. The van der Waals surface area contributed by atoms with Crippen LogP contribution in [0.3, 0.4) is 0 Å². The first-order chi connectivity index (χ1) is 9.25. The van der Waals surface area contributed by atoms with Crippen molar-refractivity contribution in [1.29, 1.82) is 0 Å². The second-order valence-corrected chi connectivity index (χ2v) is 5.76. The average Bonchev–Trinajstić information content (AvgIpc) is 2.43. The number of piperazine rings is 1. The molecular weight excluding hydrogens is 260 g/mol. The van der Waals surface area contributed by atoms with Crippen LogP contribution in [0.2, 0.25) is 5.02 Å². The molecule has 2 rings (SSSR count). The number of nitrogens with two attached hydrogens (primary N) is 1. The van der Waals surface area contributed by atoms with Crippen molar-refractivity contribution < 1.29 is 15.0 Å². The molecule has 0 aromatic heterocycles. The molecule has 3 N–H and O–H groups in total. The average molecular weight is 285 g/mol. The Labute approximate surface area is 120 Å². The van der Waals surface area contributed by atoms with E-state index in [9.17, 15) is 0 Å². The number of halogens is 1. The van der Waals surface area contributed by atoms with Crippen LogP contribution in [0.1, 0.15) is 18.4 Å². The Hall–Kier alpha value is -0.770. The van der Waals surface area contributed by atoms with Gasteiger partial charge in [0.05, 0.1) is 18.2 Å². The predicted octanol–water partition coefficient (Wildman–Crippen LogP) is 0.269. The van der Waals surface area contributed by atoms with Crippen molar-refractivity contribution in [2.45, 2.75) is 19.8 Å². The summed E-state index contributed by atoms with van der Waals surface area (Å²) in [5.41, 5.74) is 1.19. The molecular formula is C15H25ClN2O+2. The van der Waals surface area contributed by atoms with Crippen LogP contribution in [0.25, 0.3) is 0 Å². The number of rotatable bonds is 6. The van der Waals surface area contributed by atoms with Gasteiger partial charge >= 0.3 is 0 Å². The lowest BCUT2D eigenvalue weighted by Gasteiger charge is -2.22. The fourth-order valence-corrected chi connectivity index (χ4v) is 2.68. The van der Waals surface area contributed by atoms with Gasteiger partial charge in [-0.2, -0.15) is 0 Å². The number of quaternary nitrogens is 2. The summed E-state index contributed by atoms with van der Waals surface area (Å²) >= 11 is 6.10. The Morgan fingerprint density at radius 1 is 1.26 bits per heavy atom. The molecule has 0 saturated carbocycles. The van der Waals surface area contributed by atoms with Crippen LogP contribution in [0, 0.1) is 6.92 Å². The second-order valence-electron chi connectivity index (χ2n) is 5.36. The Morgan fingerprint density at radius 3 is 2.84 bits per heavy atom. The van der Waals surface area contributed by atoms with E-state index in [0.717, 1.165) is 18.8 Å². The number of ether oxygens (including phenoxy) is 1. The zero-order valence-electron chi connectivity index (χ0n) is 11.8. The molecule has 0 spiro atoms. The number of hydrogen-bond donors (Lipinski definition) is 2. The summed E-state index contributed by atoms with van der Waals surface area (Å²) in [4.78, 5) is 1.75. The fourth-order valence-electron chi connectivity index (χ4n) is 2.51. The number of unbranched alkanes of at least 4 members (excludes halogenated alkanes) is 1. The van der Waals surface area contributed by atoms with Gasteiger partial charge in [0.2, 0.25) is 0 Å². The minimum atomic E-state index is 0.711. The number of aryl methyl sites for hydroxylation is 1. The predicted molar refractivity (Wildman–Crippen MR) is 78.1 cm³/mol. The van der Waals surface area contributed by atoms with E-state index in [-0.39, 0.29) is 0 Å². The summed E-state index contributed by atoms with van der Waals surface area (Å²) in [6.45, 7) is 9.28. The summed E-state index contributed by atoms with van der Waals surface area (Å²) < 4.78 is 5.76. The molecule has 1 heterocycles. The maximum Gasteiger partial charge on any atom is 0.138 e. The molecule has 0 unspecified atom stereocenters. The van der Waals surface area contributed by atoms with Gasteiger partial charge in [0, 0.05) is 0 Å². The van der Waals surface area contributed by atoms with Gasteiger partial charge in [-0.3, -0.25) is 0 Å². The smallest absolute Gasteiger partial charge is 0.138 e. The highest BCUT2D eigenvalue weighted by atomic mass is 35.5. The summed E-state index contributed by atoms with van der Waals surface area (Å²) in [7, 11) is 0. The van der Waals surface area contributed by atoms with E-state index in [0.29, 0.717) is 5.02 Å². The van der Waals surface area contributed by atoms with Gasteiger partial charge < -0.3 is 15.0 Å². The van der Waals surface area contributed by atoms with Crippen molar-refractivity contribution in [2.75, 3.05) is 39.3 Å². The molecule has 1 aromatic rings. The third-order valence-electron chi connectivity index (χ3n) is 3.67. The Balaban J connectivity index is 1.62. The molecule has 1 saturated heterocycles. The molecule has 0 aliphatic carbocycles. The van der Waals surface area contributed by atoms with Gasteiger partial charge in [-0.15, -0.1) is 0 Å². The van der Waals surface area contributed by atoms with Crippen molar-refractivity contribution >= 4 is 11.6 Å². The first-order valence-electron chi connectivity index (χ1n) is 7.30. The first kappa shape index (κ1) is 14.6. The molecule has 0 atom stereocenters. The van der Waals surface area contributed by atoms with Crippen molar-refractivity contribution in [3.8, 4) is 5.75 Å². The van der Waals surface area contributed by atoms with Crippen molar-refractivity contribution in [3.05, 3.63) is 28.8 Å². The lowest BCUT2D eigenvalue weighted by molar-refractivity contribution is -0.946. The lowest BCUT2D eigenvalue weighted by Crippen LogP contribution is -3.20. The van der Waals surface area contributed by atoms with Crippen LogP contribution in [0.5, 0.6) is 5.75 Å². The van der Waals surface area contributed by atoms with E-state index in [1.54, 1.807) is 4.90 Å². The van der Waals surface area contributed by atoms with Gasteiger partial charge in [0.25, 0.3) is 0 Å². The Morgan fingerprint density at radius 2 is 2.05 bits per heavy atom. The Kier molecular flexibility index (Phi) is 5.95. The van der Waals surface area contributed by atoms with E-state index >= 15 is 0 Å². The molecule has 3 nitrogen and oxygen atoms in total. The van der Waals surface area contributed by atoms with Crippen LogP contribution >= 0.6 is 11.6 Å². The molecule has 0 bridgehead atoms. The van der Waals surface area contributed by atoms with Crippen molar-refractivity contribution in [1.82, 2.24) is 0 Å². The molecule has 106 valence electrons. The standard InChI is InChI=1S/C15H23ClN2O/c1-13-4-5-14(16)15(12-13)19-11-3-2-8-18-9-6-17-7-10-18/h4-5,12,17H,2-3,6-11H2,1H3/p+2. The normalized spacial score (nSPS) is 16.5. The van der Waals surface area contributed by atoms with Gasteiger partial charge in [-0.05, 0) is 37.5 Å². The molecule has 19 heavy (non-hydrogen) atoms. The van der Waals surface area contributed by atoms with Gasteiger partial charge in [-0.25, -0.2) is 0 Å². The molecule has 1 fully saturated rings. The highest BCUT2D eigenvalue weighted by Gasteiger charge is 2.14. The van der Waals surface area contributed by atoms with Crippen LogP contribution in [-0.4, -0.2) is 39.3 Å². The van der Waals surface area contributed by atoms with Crippen LogP contribution in [-0.2, 0) is 0 Å². The van der Waals surface area contributed by atoms with Gasteiger partial charge in [0.15, 0.2) is 0 Å². The largest absolute Gasteiger partial charge is 0.492 e. The summed E-state index contributed by atoms with van der Waals surface area (Å²) in [6, 6.07) is 5.92. The zero-order valence-corrected chi connectivity index (χ0v) is 12.5. The highest BCUT2D eigenvalue weighted by molar-refractivity contribution is 6.32. The Bertz CT molecular complexity index is 392. The molecule has 0 amide bonds. The van der Waals surface area contributed by atoms with E-state index in [2.05, 4.69) is 12.2 Å². The number of benzene rings is 1. The first-order valence-corrected chi connectivity index (χ1v) is 7.67. The molecule has 1 aliphatic heterocycles. The van der Waals surface area contributed by atoms with Gasteiger partial charge in [-0.1, -0.05) is 17.7 Å². The third-order valence-corrected chi connectivity index (χ3v) is 3.99. The number of nitrogens with one attached hydrogen (secondary N) is 1. The quantitative estimate of drug-likeness (QED) is 0.722. The molecule has 1 aliphatic rings. The summed E-state index contributed by atoms with van der Waals surface area (Å²) in [6.07, 6.45) is 2.34. The minimum Gasteiger partial charge on any atom is -0.492 e. The monoisotopic (exact) mass is 284 g/mol. The van der Waals surface area contributed by atoms with Crippen LogP contribution in [0.15, 0.2) is 18.2 Å². The summed E-state index contributed by atoms with van der Waals surface area (Å²) in [5.74, 6) is 0.821. The maximum absolute atomic E-state index is 6.10. The van der Waals surface area contributed by atoms with Crippen LogP contribution < -0.4 is 15.0 Å². The van der Waals surface area contributed by atoms with E-state index in [1.807, 2.05) is 18.2 Å². The minimum absolute atomic E-state index is 0.711. The lowest BCUT2D eigenvalue weighted by atomic mass is 10.2. The summed E-state index contributed by atoms with van der Waals surface area (Å²) in [5, 5.41) is 3.12. The fraction of sp³-hybridized carbons (Fsp3) is 0.600. The van der Waals surface area contributed by atoms with E-state index < -0.39 is 0 Å². The van der Waals surface area contributed by atoms with E-state index in [4.69, 9.17) is 16.3 Å². The molecule has 0 radical (unpaired) electrons. The van der Waals surface area contributed by atoms with Gasteiger partial charge in [0.1, 0.15) is 31.9 Å². The maximum atomic E-state index is 6.10. The van der Waals surface area contributed by atoms with E-state index in [1.165, 1.54) is 44.7 Å². The topological polar surface area (TPSA) is 30.3 Å². The SMILES string of the molecule is Cc1ccc(Cl)c(OCCCC[NH+]2CC[NH2+]CC2)c1. The number of hydrogen-bond acceptors (Lipinski definition) is 1. The third kappa shape index (κ3) is 5.01. The van der Waals surface area contributed by atoms with Crippen molar-refractivity contribution in [3.63, 3.8) is 0 Å².